The topological polar surface area (TPSA) is 27.7 Å². The van der Waals surface area contributed by atoms with Gasteiger partial charge >= 0.3 is 0 Å². The van der Waals surface area contributed by atoms with E-state index in [1.54, 1.807) is 0 Å². The van der Waals surface area contributed by atoms with Crippen LogP contribution in [-0.4, -0.2) is 26.4 Å². The van der Waals surface area contributed by atoms with Gasteiger partial charge < -0.3 is 14.2 Å². The summed E-state index contributed by atoms with van der Waals surface area (Å²) in [5.41, 5.74) is 2.28. The second kappa shape index (κ2) is 12.1. The summed E-state index contributed by atoms with van der Waals surface area (Å²) in [6, 6.07) is 16.9. The van der Waals surface area contributed by atoms with Gasteiger partial charge in [0.2, 0.25) is 0 Å². The predicted molar refractivity (Wildman–Crippen MR) is 144 cm³/mol. The van der Waals surface area contributed by atoms with Gasteiger partial charge in [-0.2, -0.15) is 0 Å². The molecule has 4 rings (SSSR count). The summed E-state index contributed by atoms with van der Waals surface area (Å²) < 4.78 is 18.3. The molecule has 0 radical (unpaired) electrons. The van der Waals surface area contributed by atoms with Crippen LogP contribution in [-0.2, 0) is 15.6 Å². The fourth-order valence-corrected chi connectivity index (χ4v) is 5.30. The molecule has 0 heterocycles. The van der Waals surface area contributed by atoms with Gasteiger partial charge in [0.1, 0.15) is 11.5 Å². The average molecular weight is 471 g/mol. The number of allylic oxidation sites excluding steroid dienone is 8. The lowest BCUT2D eigenvalue weighted by molar-refractivity contribution is 0.106. The highest BCUT2D eigenvalue weighted by atomic mass is 16.5. The second-order valence-corrected chi connectivity index (χ2v) is 9.27. The van der Waals surface area contributed by atoms with E-state index in [9.17, 15) is 0 Å². The van der Waals surface area contributed by atoms with Gasteiger partial charge in [0.05, 0.1) is 13.2 Å². The third-order valence-electron chi connectivity index (χ3n) is 7.12. The Morgan fingerprint density at radius 1 is 0.629 bits per heavy atom. The molecule has 2 unspecified atom stereocenters. The number of hydrogen-bond acceptors (Lipinski definition) is 3. The monoisotopic (exact) mass is 470 g/mol. The molecule has 0 bridgehead atoms. The molecule has 184 valence electrons. The van der Waals surface area contributed by atoms with Gasteiger partial charge in [0, 0.05) is 35.2 Å². The first-order chi connectivity index (χ1) is 17.2. The third kappa shape index (κ3) is 5.79. The lowest BCUT2D eigenvalue weighted by Gasteiger charge is -2.35. The fourth-order valence-electron chi connectivity index (χ4n) is 5.30. The van der Waals surface area contributed by atoms with E-state index in [0.717, 1.165) is 37.2 Å². The molecule has 0 aliphatic heterocycles. The molecule has 35 heavy (non-hydrogen) atoms. The highest BCUT2D eigenvalue weighted by molar-refractivity contribution is 5.46. The van der Waals surface area contributed by atoms with Crippen molar-refractivity contribution in [1.82, 2.24) is 0 Å². The van der Waals surface area contributed by atoms with Crippen LogP contribution in [0.1, 0.15) is 50.7 Å². The molecule has 2 aliphatic rings. The Morgan fingerprint density at radius 3 is 1.49 bits per heavy atom. The first-order valence-corrected chi connectivity index (χ1v) is 12.9. The summed E-state index contributed by atoms with van der Waals surface area (Å²) in [6.45, 7) is 6.80. The van der Waals surface area contributed by atoms with Crippen molar-refractivity contribution < 1.29 is 14.2 Å². The normalized spacial score (nSPS) is 22.9. The lowest BCUT2D eigenvalue weighted by atomic mass is 9.72. The van der Waals surface area contributed by atoms with Crippen molar-refractivity contribution in [3.8, 4) is 11.5 Å². The van der Waals surface area contributed by atoms with E-state index < -0.39 is 0 Å². The van der Waals surface area contributed by atoms with Crippen LogP contribution in [0.3, 0.4) is 0 Å². The number of rotatable bonds is 12. The molecule has 0 saturated heterocycles. The molecule has 0 saturated carbocycles. The van der Waals surface area contributed by atoms with Crippen molar-refractivity contribution in [1.29, 1.82) is 0 Å². The smallest absolute Gasteiger partial charge is 0.123 e. The van der Waals surface area contributed by atoms with Crippen LogP contribution >= 0.6 is 0 Å². The van der Waals surface area contributed by atoms with Crippen LogP contribution in [0.15, 0.2) is 97.1 Å². The highest BCUT2D eigenvalue weighted by Gasteiger charge is 2.34. The van der Waals surface area contributed by atoms with E-state index in [4.69, 9.17) is 14.2 Å². The molecule has 2 atom stereocenters. The van der Waals surface area contributed by atoms with Gasteiger partial charge in [-0.15, -0.1) is 0 Å². The summed E-state index contributed by atoms with van der Waals surface area (Å²) in [7, 11) is 0. The molecular weight excluding hydrogens is 432 g/mol. The zero-order chi connectivity index (χ0) is 24.4. The lowest BCUT2D eigenvalue weighted by Crippen LogP contribution is -2.29. The molecule has 3 nitrogen and oxygen atoms in total. The average Bonchev–Trinajstić information content (AvgIpc) is 2.91. The summed E-state index contributed by atoms with van der Waals surface area (Å²) in [4.78, 5) is 0. The van der Waals surface area contributed by atoms with Crippen molar-refractivity contribution in [3.05, 3.63) is 108 Å². The molecule has 3 heteroatoms. The van der Waals surface area contributed by atoms with E-state index in [-0.39, 0.29) is 10.8 Å². The number of ether oxygens (including phenoxy) is 3. The SMILES string of the molecule is CCOc1ccccc1C1(CCOCCC2(c3ccccc3OCC)C=CC=CC2)C=CC=CC1. The van der Waals surface area contributed by atoms with Gasteiger partial charge in [0.25, 0.3) is 0 Å². The summed E-state index contributed by atoms with van der Waals surface area (Å²) in [5, 5.41) is 0. The Bertz CT molecular complexity index is 994. The third-order valence-corrected chi connectivity index (χ3v) is 7.12. The van der Waals surface area contributed by atoms with Gasteiger partial charge in [-0.25, -0.2) is 0 Å². The summed E-state index contributed by atoms with van der Waals surface area (Å²) in [5.74, 6) is 1.95. The van der Waals surface area contributed by atoms with E-state index in [1.165, 1.54) is 11.1 Å². The highest BCUT2D eigenvalue weighted by Crippen LogP contribution is 2.42. The number of benzene rings is 2. The van der Waals surface area contributed by atoms with Crippen LogP contribution in [0.5, 0.6) is 11.5 Å². The fraction of sp³-hybridized carbons (Fsp3) is 0.375. The maximum atomic E-state index is 6.33. The summed E-state index contributed by atoms with van der Waals surface area (Å²) >= 11 is 0. The van der Waals surface area contributed by atoms with Crippen molar-refractivity contribution in [2.24, 2.45) is 0 Å². The van der Waals surface area contributed by atoms with E-state index in [1.807, 2.05) is 26.0 Å². The van der Waals surface area contributed by atoms with Crippen LogP contribution in [0.4, 0.5) is 0 Å². The van der Waals surface area contributed by atoms with E-state index in [0.29, 0.717) is 26.4 Å². The molecule has 0 aromatic heterocycles. The van der Waals surface area contributed by atoms with E-state index >= 15 is 0 Å². The van der Waals surface area contributed by atoms with Gasteiger partial charge in [-0.3, -0.25) is 0 Å². The zero-order valence-electron chi connectivity index (χ0n) is 21.1. The molecule has 0 N–H and O–H groups in total. The molecular formula is C32H38O3. The Morgan fingerprint density at radius 2 is 1.09 bits per heavy atom. The quantitative estimate of drug-likeness (QED) is 0.301. The second-order valence-electron chi connectivity index (χ2n) is 9.27. The standard InChI is InChI=1S/C32H38O3/c1-3-34-29-17-9-7-15-27(29)31(19-11-5-12-20-31)23-25-33-26-24-32(21-13-6-14-22-32)28-16-8-10-18-30(28)35-4-2/h5-19,21H,3-4,20,22-26H2,1-2H3. The van der Waals surface area contributed by atoms with E-state index in [2.05, 4.69) is 85.0 Å². The Hall–Kier alpha value is -3.04. The predicted octanol–water partition coefficient (Wildman–Crippen LogP) is 7.49. The van der Waals surface area contributed by atoms with Crippen molar-refractivity contribution in [3.63, 3.8) is 0 Å². The van der Waals surface area contributed by atoms with Gasteiger partial charge in [-0.05, 0) is 51.7 Å². The van der Waals surface area contributed by atoms with Crippen molar-refractivity contribution in [2.75, 3.05) is 26.4 Å². The van der Waals surface area contributed by atoms with Crippen LogP contribution in [0.2, 0.25) is 0 Å². The molecule has 2 aliphatic carbocycles. The van der Waals surface area contributed by atoms with Gasteiger partial charge in [0.15, 0.2) is 0 Å². The Labute approximate surface area is 210 Å². The maximum Gasteiger partial charge on any atom is 0.123 e. The summed E-state index contributed by atoms with van der Waals surface area (Å²) in [6.07, 6.45) is 21.5. The Kier molecular flexibility index (Phi) is 8.65. The largest absolute Gasteiger partial charge is 0.494 e. The Balaban J connectivity index is 1.44. The van der Waals surface area contributed by atoms with Crippen LogP contribution in [0, 0.1) is 0 Å². The number of para-hydroxylation sites is 2. The first-order valence-electron chi connectivity index (χ1n) is 12.9. The van der Waals surface area contributed by atoms with Crippen molar-refractivity contribution >= 4 is 0 Å². The molecule has 2 aromatic rings. The number of hydrogen-bond donors (Lipinski definition) is 0. The molecule has 0 spiro atoms. The minimum Gasteiger partial charge on any atom is -0.494 e. The molecule has 0 amide bonds. The zero-order valence-corrected chi connectivity index (χ0v) is 21.1. The molecule has 2 aromatic carbocycles. The maximum absolute atomic E-state index is 6.33. The van der Waals surface area contributed by atoms with Crippen molar-refractivity contribution in [2.45, 2.75) is 50.4 Å². The van der Waals surface area contributed by atoms with Crippen LogP contribution in [0.25, 0.3) is 0 Å². The minimum absolute atomic E-state index is 0.104. The molecule has 0 fully saturated rings. The van der Waals surface area contributed by atoms with Crippen LogP contribution < -0.4 is 9.47 Å². The first kappa shape index (κ1) is 25.1. The minimum atomic E-state index is -0.104. The van der Waals surface area contributed by atoms with Gasteiger partial charge in [-0.1, -0.05) is 85.0 Å².